The number of methoxy groups -OCH3 is 1. The fraction of sp³-hybridized carbons (Fsp3) is 0.500. The van der Waals surface area contributed by atoms with Crippen molar-refractivity contribution in [2.45, 2.75) is 29.8 Å². The largest absolute Gasteiger partial charge is 0.495 e. The minimum Gasteiger partial charge on any atom is -0.495 e. The maximum Gasteiger partial charge on any atom is 0.143 e. The number of hydrogen-bond donors (Lipinski definition) is 1. The van der Waals surface area contributed by atoms with Crippen LogP contribution in [0.4, 0.5) is 4.39 Å². The van der Waals surface area contributed by atoms with E-state index in [1.54, 1.807) is 12.1 Å². The zero-order valence-electron chi connectivity index (χ0n) is 9.42. The third-order valence-corrected chi connectivity index (χ3v) is 3.70. The summed E-state index contributed by atoms with van der Waals surface area (Å²) in [7, 11) is 1.53. The summed E-state index contributed by atoms with van der Waals surface area (Å²) in [4.78, 5) is 0.518. The topological polar surface area (TPSA) is 29.5 Å². The number of ether oxygens (including phenoxy) is 1. The Kier molecular flexibility index (Phi) is 3.13. The molecule has 0 amide bonds. The summed E-state index contributed by atoms with van der Waals surface area (Å²) >= 11 is 1.33. The lowest BCUT2D eigenvalue weighted by Gasteiger charge is -2.13. The Hall–Kier alpha value is -0.740. The lowest BCUT2D eigenvalue weighted by atomic mass is 10.1. The van der Waals surface area contributed by atoms with Crippen molar-refractivity contribution in [2.75, 3.05) is 13.4 Å². The van der Waals surface area contributed by atoms with Gasteiger partial charge in [-0.15, -0.1) is 11.8 Å². The van der Waals surface area contributed by atoms with Gasteiger partial charge >= 0.3 is 0 Å². The van der Waals surface area contributed by atoms with E-state index in [-0.39, 0.29) is 5.82 Å². The normalized spacial score (nSPS) is 17.2. The molecular formula is C12H15FO2S. The van der Waals surface area contributed by atoms with E-state index in [0.717, 1.165) is 12.8 Å². The van der Waals surface area contributed by atoms with Crippen LogP contribution < -0.4 is 4.74 Å². The fourth-order valence-corrected chi connectivity index (χ4v) is 2.41. The first-order chi connectivity index (χ1) is 7.59. The van der Waals surface area contributed by atoms with E-state index in [9.17, 15) is 9.50 Å². The molecule has 0 heterocycles. The molecule has 0 radical (unpaired) electrons. The van der Waals surface area contributed by atoms with Gasteiger partial charge in [0.15, 0.2) is 0 Å². The molecule has 1 aromatic carbocycles. The molecule has 0 bridgehead atoms. The first-order valence-corrected chi connectivity index (χ1v) is 6.44. The van der Waals surface area contributed by atoms with Crippen LogP contribution >= 0.6 is 11.8 Å². The van der Waals surface area contributed by atoms with Gasteiger partial charge in [-0.2, -0.15) is 0 Å². The van der Waals surface area contributed by atoms with Crippen molar-refractivity contribution < 1.29 is 14.2 Å². The first kappa shape index (κ1) is 11.7. The monoisotopic (exact) mass is 242 g/mol. The van der Waals surface area contributed by atoms with E-state index in [1.807, 2.05) is 6.26 Å². The van der Waals surface area contributed by atoms with Gasteiger partial charge in [0.25, 0.3) is 0 Å². The van der Waals surface area contributed by atoms with Crippen LogP contribution in [0.1, 0.15) is 18.4 Å². The highest BCUT2D eigenvalue weighted by molar-refractivity contribution is 7.98. The molecule has 0 atom stereocenters. The smallest absolute Gasteiger partial charge is 0.143 e. The Morgan fingerprint density at radius 2 is 2.19 bits per heavy atom. The van der Waals surface area contributed by atoms with Gasteiger partial charge in [-0.3, -0.25) is 0 Å². The summed E-state index contributed by atoms with van der Waals surface area (Å²) in [6.07, 6.45) is 3.76. The molecule has 4 heteroatoms. The van der Waals surface area contributed by atoms with Gasteiger partial charge in [0.05, 0.1) is 17.6 Å². The summed E-state index contributed by atoms with van der Waals surface area (Å²) in [5.41, 5.74) is -0.0874. The lowest BCUT2D eigenvalue weighted by molar-refractivity contribution is 0.149. The van der Waals surface area contributed by atoms with Gasteiger partial charge in [-0.05, 0) is 30.7 Å². The zero-order valence-corrected chi connectivity index (χ0v) is 10.2. The van der Waals surface area contributed by atoms with Crippen LogP contribution in [0.3, 0.4) is 0 Å². The molecular weight excluding hydrogens is 227 g/mol. The minimum atomic E-state index is -0.662. The Morgan fingerprint density at radius 3 is 2.69 bits per heavy atom. The Labute approximate surface area is 98.8 Å². The summed E-state index contributed by atoms with van der Waals surface area (Å²) in [6.45, 7) is 0. The van der Waals surface area contributed by atoms with Crippen LogP contribution in [0.15, 0.2) is 17.0 Å². The zero-order chi connectivity index (χ0) is 11.8. The van der Waals surface area contributed by atoms with Gasteiger partial charge in [0.1, 0.15) is 11.6 Å². The van der Waals surface area contributed by atoms with Gasteiger partial charge in [0, 0.05) is 6.42 Å². The molecule has 1 fully saturated rings. The van der Waals surface area contributed by atoms with Crippen molar-refractivity contribution in [1.29, 1.82) is 0 Å². The highest BCUT2D eigenvalue weighted by Gasteiger charge is 2.41. The predicted molar refractivity (Wildman–Crippen MR) is 62.6 cm³/mol. The van der Waals surface area contributed by atoms with Crippen molar-refractivity contribution in [2.24, 2.45) is 0 Å². The first-order valence-electron chi connectivity index (χ1n) is 5.21. The molecule has 1 saturated carbocycles. The SMILES string of the molecule is COc1ccc(CC2(O)CC2)c(F)c1SC. The van der Waals surface area contributed by atoms with Crippen LogP contribution in [0.25, 0.3) is 0 Å². The molecule has 1 aliphatic carbocycles. The molecule has 0 aliphatic heterocycles. The van der Waals surface area contributed by atoms with E-state index in [2.05, 4.69) is 0 Å². The number of aliphatic hydroxyl groups is 1. The van der Waals surface area contributed by atoms with Crippen LogP contribution in [0, 0.1) is 5.82 Å². The van der Waals surface area contributed by atoms with Crippen LogP contribution in [0.5, 0.6) is 5.75 Å². The summed E-state index contributed by atoms with van der Waals surface area (Å²) in [5, 5.41) is 9.79. The third kappa shape index (κ3) is 2.18. The van der Waals surface area contributed by atoms with Crippen molar-refractivity contribution in [3.8, 4) is 5.75 Å². The van der Waals surface area contributed by atoms with Crippen molar-refractivity contribution in [3.63, 3.8) is 0 Å². The van der Waals surface area contributed by atoms with Crippen LogP contribution in [-0.2, 0) is 6.42 Å². The standard InChI is InChI=1S/C12H15FO2S/c1-15-9-4-3-8(7-12(14)5-6-12)10(13)11(9)16-2/h3-4,14H,5-7H2,1-2H3. The highest BCUT2D eigenvalue weighted by atomic mass is 32.2. The van der Waals surface area contributed by atoms with Gasteiger partial charge < -0.3 is 9.84 Å². The molecule has 16 heavy (non-hydrogen) atoms. The van der Waals surface area contributed by atoms with Crippen molar-refractivity contribution >= 4 is 11.8 Å². The van der Waals surface area contributed by atoms with E-state index in [0.29, 0.717) is 22.6 Å². The van der Waals surface area contributed by atoms with Crippen molar-refractivity contribution in [1.82, 2.24) is 0 Å². The Balaban J connectivity index is 2.32. The Bertz CT molecular complexity index is 402. The highest BCUT2D eigenvalue weighted by Crippen LogP contribution is 2.40. The molecule has 0 spiro atoms. The second-order valence-corrected chi connectivity index (χ2v) is 4.99. The summed E-state index contributed by atoms with van der Waals surface area (Å²) < 4.78 is 19.2. The maximum absolute atomic E-state index is 14.1. The van der Waals surface area contributed by atoms with E-state index < -0.39 is 5.60 Å². The van der Waals surface area contributed by atoms with E-state index in [4.69, 9.17) is 4.74 Å². The lowest BCUT2D eigenvalue weighted by Crippen LogP contribution is -2.12. The maximum atomic E-state index is 14.1. The van der Waals surface area contributed by atoms with E-state index >= 15 is 0 Å². The average molecular weight is 242 g/mol. The average Bonchev–Trinajstić information content (AvgIpc) is 2.99. The number of rotatable bonds is 4. The number of benzene rings is 1. The molecule has 2 nitrogen and oxygen atoms in total. The second kappa shape index (κ2) is 4.26. The Morgan fingerprint density at radius 1 is 1.50 bits per heavy atom. The molecule has 0 saturated heterocycles. The van der Waals surface area contributed by atoms with Crippen LogP contribution in [0.2, 0.25) is 0 Å². The predicted octanol–water partition coefficient (Wildman–Crippen LogP) is 2.62. The van der Waals surface area contributed by atoms with Crippen molar-refractivity contribution in [3.05, 3.63) is 23.5 Å². The third-order valence-electron chi connectivity index (χ3n) is 2.91. The number of hydrogen-bond acceptors (Lipinski definition) is 3. The minimum absolute atomic E-state index is 0.257. The van der Waals surface area contributed by atoms with E-state index in [1.165, 1.54) is 18.9 Å². The molecule has 1 aliphatic rings. The quantitative estimate of drug-likeness (QED) is 0.823. The second-order valence-electron chi connectivity index (χ2n) is 4.18. The molecule has 1 aromatic rings. The summed E-state index contributed by atoms with van der Waals surface area (Å²) in [6, 6.07) is 3.46. The van der Waals surface area contributed by atoms with Gasteiger partial charge in [-0.25, -0.2) is 4.39 Å². The molecule has 0 aromatic heterocycles. The molecule has 2 rings (SSSR count). The number of halogens is 1. The van der Waals surface area contributed by atoms with Gasteiger partial charge in [0.2, 0.25) is 0 Å². The molecule has 88 valence electrons. The van der Waals surface area contributed by atoms with Gasteiger partial charge in [-0.1, -0.05) is 6.07 Å². The fourth-order valence-electron chi connectivity index (χ4n) is 1.74. The molecule has 1 N–H and O–H groups in total. The van der Waals surface area contributed by atoms with Crippen LogP contribution in [-0.4, -0.2) is 24.1 Å². The number of thioether (sulfide) groups is 1. The molecule has 0 unspecified atom stereocenters. The summed E-state index contributed by atoms with van der Waals surface area (Å²) in [5.74, 6) is 0.295.